The number of fused-ring (bicyclic) bond motifs is 2. The summed E-state index contributed by atoms with van der Waals surface area (Å²) in [6, 6.07) is 12.4. The Hall–Kier alpha value is -2.00. The minimum Gasteiger partial charge on any atom is -0.384 e. The Labute approximate surface area is 128 Å². The second-order valence-corrected chi connectivity index (χ2v) is 5.74. The number of anilines is 1. The van der Waals surface area contributed by atoms with Crippen LogP contribution in [0.2, 0.25) is 5.02 Å². The van der Waals surface area contributed by atoms with Gasteiger partial charge in [0.1, 0.15) is 5.82 Å². The van der Waals surface area contributed by atoms with Crippen LogP contribution in [-0.4, -0.2) is 16.1 Å². The molecule has 2 heterocycles. The van der Waals surface area contributed by atoms with E-state index in [2.05, 4.69) is 35.0 Å². The molecule has 0 saturated carbocycles. The predicted molar refractivity (Wildman–Crippen MR) is 88.0 cm³/mol. The van der Waals surface area contributed by atoms with Gasteiger partial charge >= 0.3 is 0 Å². The third kappa shape index (κ3) is 1.92. The van der Waals surface area contributed by atoms with Crippen molar-refractivity contribution in [3.63, 3.8) is 0 Å². The van der Waals surface area contributed by atoms with Crippen molar-refractivity contribution in [1.82, 2.24) is 9.55 Å². The van der Waals surface area contributed by atoms with Crippen molar-refractivity contribution >= 4 is 28.3 Å². The van der Waals surface area contributed by atoms with Crippen LogP contribution in [0.5, 0.6) is 0 Å². The summed E-state index contributed by atoms with van der Waals surface area (Å²) in [5.41, 5.74) is 5.72. The van der Waals surface area contributed by atoms with E-state index < -0.39 is 0 Å². The van der Waals surface area contributed by atoms with Gasteiger partial charge in [-0.25, -0.2) is 4.98 Å². The highest BCUT2D eigenvalue weighted by Gasteiger charge is 2.16. The maximum absolute atomic E-state index is 6.36. The smallest absolute Gasteiger partial charge is 0.141 e. The third-order valence-corrected chi connectivity index (χ3v) is 4.42. The number of rotatable bonds is 2. The fourth-order valence-corrected chi connectivity index (χ4v) is 3.37. The summed E-state index contributed by atoms with van der Waals surface area (Å²) in [4.78, 5) is 4.79. The Morgan fingerprint density at radius 1 is 1.29 bits per heavy atom. The predicted octanol–water partition coefficient (Wildman–Crippen LogP) is 4.34. The fraction of sp³-hybridized carbons (Fsp3) is 0.235. The van der Waals surface area contributed by atoms with E-state index in [-0.39, 0.29) is 0 Å². The molecule has 4 heteroatoms. The molecule has 4 rings (SSSR count). The zero-order chi connectivity index (χ0) is 14.4. The number of halogens is 1. The third-order valence-electron chi connectivity index (χ3n) is 4.11. The molecule has 0 aliphatic carbocycles. The van der Waals surface area contributed by atoms with Crippen molar-refractivity contribution in [2.24, 2.45) is 0 Å². The van der Waals surface area contributed by atoms with E-state index in [1.54, 1.807) is 0 Å². The average Bonchev–Trinajstić information content (AvgIpc) is 3.10. The van der Waals surface area contributed by atoms with Crippen LogP contribution in [0, 0.1) is 0 Å². The SMILES string of the molecule is CCn1c(-c2ccc3c(c2)NCC3)nc2cccc(Cl)c21. The highest BCUT2D eigenvalue weighted by molar-refractivity contribution is 6.35. The van der Waals surface area contributed by atoms with Crippen LogP contribution in [0.25, 0.3) is 22.4 Å². The lowest BCUT2D eigenvalue weighted by atomic mass is 10.1. The Morgan fingerprint density at radius 3 is 3.05 bits per heavy atom. The molecule has 1 aliphatic rings. The summed E-state index contributed by atoms with van der Waals surface area (Å²) < 4.78 is 2.19. The Bertz CT molecular complexity index is 835. The molecule has 0 spiro atoms. The van der Waals surface area contributed by atoms with Crippen LogP contribution < -0.4 is 5.32 Å². The van der Waals surface area contributed by atoms with Crippen LogP contribution >= 0.6 is 11.6 Å². The Balaban J connectivity index is 1.96. The Morgan fingerprint density at radius 2 is 2.19 bits per heavy atom. The number of para-hydroxylation sites is 1. The molecule has 0 atom stereocenters. The molecular weight excluding hydrogens is 282 g/mol. The number of imidazole rings is 1. The summed E-state index contributed by atoms with van der Waals surface area (Å²) in [5.74, 6) is 0.983. The molecule has 0 radical (unpaired) electrons. The average molecular weight is 298 g/mol. The molecule has 3 nitrogen and oxygen atoms in total. The fourth-order valence-electron chi connectivity index (χ4n) is 3.10. The molecule has 0 fully saturated rings. The van der Waals surface area contributed by atoms with E-state index in [1.165, 1.54) is 11.3 Å². The molecule has 2 aromatic carbocycles. The van der Waals surface area contributed by atoms with E-state index >= 15 is 0 Å². The molecule has 1 aromatic heterocycles. The first-order valence-corrected chi connectivity index (χ1v) is 7.67. The van der Waals surface area contributed by atoms with Gasteiger partial charge in [0.25, 0.3) is 0 Å². The maximum Gasteiger partial charge on any atom is 0.141 e. The van der Waals surface area contributed by atoms with Gasteiger partial charge in [-0.3, -0.25) is 0 Å². The summed E-state index contributed by atoms with van der Waals surface area (Å²) >= 11 is 6.36. The Kier molecular flexibility index (Phi) is 2.89. The molecule has 106 valence electrons. The van der Waals surface area contributed by atoms with Crippen LogP contribution in [0.4, 0.5) is 5.69 Å². The minimum atomic E-state index is 0.757. The molecule has 1 N–H and O–H groups in total. The van der Waals surface area contributed by atoms with Gasteiger partial charge in [-0.1, -0.05) is 29.8 Å². The number of nitrogens with one attached hydrogen (secondary N) is 1. The van der Waals surface area contributed by atoms with Gasteiger partial charge < -0.3 is 9.88 Å². The molecule has 0 bridgehead atoms. The molecule has 1 aliphatic heterocycles. The molecule has 0 saturated heterocycles. The van der Waals surface area contributed by atoms with Crippen molar-refractivity contribution in [2.75, 3.05) is 11.9 Å². The molecule has 21 heavy (non-hydrogen) atoms. The van der Waals surface area contributed by atoms with E-state index in [1.807, 2.05) is 18.2 Å². The molecule has 3 aromatic rings. The number of hydrogen-bond donors (Lipinski definition) is 1. The minimum absolute atomic E-state index is 0.757. The van der Waals surface area contributed by atoms with E-state index in [4.69, 9.17) is 16.6 Å². The molecule has 0 amide bonds. The van der Waals surface area contributed by atoms with Crippen molar-refractivity contribution in [1.29, 1.82) is 0 Å². The highest BCUT2D eigenvalue weighted by atomic mass is 35.5. The van der Waals surface area contributed by atoms with Crippen LogP contribution in [0.3, 0.4) is 0 Å². The summed E-state index contributed by atoms with van der Waals surface area (Å²) in [7, 11) is 0. The number of aryl methyl sites for hydroxylation is 1. The molecular formula is C17H16ClN3. The lowest BCUT2D eigenvalue weighted by Gasteiger charge is -2.08. The normalized spacial score (nSPS) is 13.4. The first-order chi connectivity index (χ1) is 10.3. The largest absolute Gasteiger partial charge is 0.384 e. The topological polar surface area (TPSA) is 29.9 Å². The van der Waals surface area contributed by atoms with E-state index in [0.29, 0.717) is 0 Å². The lowest BCUT2D eigenvalue weighted by Crippen LogP contribution is -1.98. The molecule has 0 unspecified atom stereocenters. The quantitative estimate of drug-likeness (QED) is 0.762. The van der Waals surface area contributed by atoms with E-state index in [0.717, 1.165) is 47.0 Å². The van der Waals surface area contributed by atoms with Crippen molar-refractivity contribution < 1.29 is 0 Å². The summed E-state index contributed by atoms with van der Waals surface area (Å²) in [6.07, 6.45) is 1.10. The summed E-state index contributed by atoms with van der Waals surface area (Å²) in [6.45, 7) is 3.99. The standard InChI is InChI=1S/C17H16ClN3/c1-2-21-16-13(18)4-3-5-14(16)20-17(21)12-7-6-11-8-9-19-15(11)10-12/h3-7,10,19H,2,8-9H2,1H3. The van der Waals surface area contributed by atoms with Crippen molar-refractivity contribution in [2.45, 2.75) is 19.9 Å². The number of benzene rings is 2. The first-order valence-electron chi connectivity index (χ1n) is 7.30. The van der Waals surface area contributed by atoms with Crippen molar-refractivity contribution in [3.05, 3.63) is 47.0 Å². The van der Waals surface area contributed by atoms with Crippen LogP contribution in [-0.2, 0) is 13.0 Å². The van der Waals surface area contributed by atoms with Gasteiger partial charge in [0.15, 0.2) is 0 Å². The summed E-state index contributed by atoms with van der Waals surface area (Å²) in [5, 5.41) is 4.19. The first kappa shape index (κ1) is 12.7. The second kappa shape index (κ2) is 4.78. The van der Waals surface area contributed by atoms with Gasteiger partial charge in [0.05, 0.1) is 16.1 Å². The number of hydrogen-bond acceptors (Lipinski definition) is 2. The van der Waals surface area contributed by atoms with Gasteiger partial charge in [-0.05, 0) is 37.1 Å². The lowest BCUT2D eigenvalue weighted by molar-refractivity contribution is 0.796. The van der Waals surface area contributed by atoms with Crippen molar-refractivity contribution in [3.8, 4) is 11.4 Å². The van der Waals surface area contributed by atoms with Gasteiger partial charge in [-0.2, -0.15) is 0 Å². The number of nitrogens with zero attached hydrogens (tertiary/aromatic N) is 2. The van der Waals surface area contributed by atoms with Gasteiger partial charge in [0.2, 0.25) is 0 Å². The zero-order valence-electron chi connectivity index (χ0n) is 11.9. The van der Waals surface area contributed by atoms with Crippen LogP contribution in [0.15, 0.2) is 36.4 Å². The van der Waals surface area contributed by atoms with Crippen LogP contribution in [0.1, 0.15) is 12.5 Å². The maximum atomic E-state index is 6.36. The zero-order valence-corrected chi connectivity index (χ0v) is 12.6. The number of aromatic nitrogens is 2. The van der Waals surface area contributed by atoms with E-state index in [9.17, 15) is 0 Å². The van der Waals surface area contributed by atoms with Gasteiger partial charge in [0, 0.05) is 24.3 Å². The van der Waals surface area contributed by atoms with Gasteiger partial charge in [-0.15, -0.1) is 0 Å². The highest BCUT2D eigenvalue weighted by Crippen LogP contribution is 2.32. The second-order valence-electron chi connectivity index (χ2n) is 5.34. The monoisotopic (exact) mass is 297 g/mol.